The first kappa shape index (κ1) is 84.2. The highest BCUT2D eigenvalue weighted by Crippen LogP contribution is 2.27. The fourth-order valence-electron chi connectivity index (χ4n) is 13.0. The van der Waals surface area contributed by atoms with Crippen molar-refractivity contribution < 1.29 is 37.2 Å². The van der Waals surface area contributed by atoms with Crippen LogP contribution in [0.3, 0.4) is 0 Å². The number of nitrogens with zero attached hydrogens (tertiary/aromatic N) is 2. The van der Waals surface area contributed by atoms with E-state index < -0.39 is 42.7 Å². The summed E-state index contributed by atoms with van der Waals surface area (Å²) in [6, 6.07) is 9.65. The minimum absolute atomic E-state index is 0.529. The standard InChI is InChI=1S/2C32H68N.C14H10O6S/c2*1-5-9-13-17-21-25-29-33(30-26-22-18-14-10-6-2,31-27-23-19-15-11-7-3)32-28-24-20-16-12-8-4;15-13(16)9-5-1-3-7-11(9)21(19,20)12-8-4-2-6-10(12)14(17)18/h2*5-32H2,1-4H3;1-8H,(H,15,16)(H,17,18)/q2*+1;/p-2. The van der Waals surface area contributed by atoms with Crippen molar-refractivity contribution in [3.63, 3.8) is 0 Å². The molecule has 0 atom stereocenters. The van der Waals surface area contributed by atoms with Crippen LogP contribution in [0.2, 0.25) is 0 Å². The smallest absolute Gasteiger partial charge is 0.207 e. The Labute approximate surface area is 541 Å². The number of unbranched alkanes of at least 4 members (excludes halogenated alkanes) is 40. The molecule has 0 aromatic heterocycles. The number of benzene rings is 2. The molecule has 0 radical (unpaired) electrons. The summed E-state index contributed by atoms with van der Waals surface area (Å²) in [6.07, 6.45) is 69.5. The van der Waals surface area contributed by atoms with Gasteiger partial charge in [-0.25, -0.2) is 8.42 Å². The molecule has 9 heteroatoms. The Bertz CT molecular complexity index is 1680. The first-order chi connectivity index (χ1) is 42.3. The third kappa shape index (κ3) is 44.4. The lowest BCUT2D eigenvalue weighted by Gasteiger charge is -2.40. The second-order valence-electron chi connectivity index (χ2n) is 26.7. The lowest BCUT2D eigenvalue weighted by molar-refractivity contribution is -0.929. The number of hydrogen-bond donors (Lipinski definition) is 0. The molecule has 0 heterocycles. The highest BCUT2D eigenvalue weighted by molar-refractivity contribution is 7.91. The van der Waals surface area contributed by atoms with Crippen LogP contribution in [0.4, 0.5) is 0 Å². The third-order valence-corrected chi connectivity index (χ3v) is 20.6. The molecule has 0 spiro atoms. The molecule has 87 heavy (non-hydrogen) atoms. The largest absolute Gasteiger partial charge is 0.545 e. The molecule has 2 aromatic carbocycles. The van der Waals surface area contributed by atoms with E-state index in [2.05, 4.69) is 55.4 Å². The maximum Gasteiger partial charge on any atom is 0.207 e. The van der Waals surface area contributed by atoms with E-state index in [9.17, 15) is 28.2 Å². The fraction of sp³-hybridized carbons (Fsp3) is 0.821. The number of hydrogen-bond acceptors (Lipinski definition) is 6. The van der Waals surface area contributed by atoms with Gasteiger partial charge in [-0.05, 0) is 115 Å². The Kier molecular flexibility index (Phi) is 57.7. The monoisotopic (exact) mass is 1240 g/mol. The Morgan fingerprint density at radius 3 is 0.575 bits per heavy atom. The SMILES string of the molecule is CCCCCCCC[N+](CCCCCCCC)(CCCCCCCC)CCCCCCCC.CCCCCCCC[N+](CCCCCCCC)(CCCCCCCC)CCCCCCCC.O=C([O-])c1ccccc1S(=O)(=O)c1ccccc1C(=O)[O-]. The van der Waals surface area contributed by atoms with Crippen LogP contribution in [0.5, 0.6) is 0 Å². The van der Waals surface area contributed by atoms with Crippen molar-refractivity contribution in [3.05, 3.63) is 59.7 Å². The Morgan fingerprint density at radius 1 is 0.264 bits per heavy atom. The maximum atomic E-state index is 12.5. The lowest BCUT2D eigenvalue weighted by Crippen LogP contribution is -2.50. The van der Waals surface area contributed by atoms with E-state index in [1.165, 1.54) is 394 Å². The topological polar surface area (TPSA) is 114 Å². The van der Waals surface area contributed by atoms with Gasteiger partial charge in [0.05, 0.1) is 74.1 Å². The van der Waals surface area contributed by atoms with Gasteiger partial charge in [0, 0.05) is 11.1 Å². The molecular weight excluding hydrogens is 1090 g/mol. The molecule has 2 rings (SSSR count). The number of carboxylic acids is 2. The van der Waals surface area contributed by atoms with Crippen LogP contribution >= 0.6 is 0 Å². The minimum Gasteiger partial charge on any atom is -0.545 e. The molecule has 0 bridgehead atoms. The average Bonchev–Trinajstić information content (AvgIpc) is 2.48. The van der Waals surface area contributed by atoms with E-state index in [0.29, 0.717) is 0 Å². The maximum absolute atomic E-state index is 12.5. The molecule has 0 aliphatic rings. The number of quaternary nitrogens is 2. The van der Waals surface area contributed by atoms with E-state index >= 15 is 0 Å². The molecule has 508 valence electrons. The number of carboxylic acid groups (broad SMARTS) is 2. The first-order valence-electron chi connectivity index (χ1n) is 37.9. The van der Waals surface area contributed by atoms with Crippen LogP contribution in [-0.4, -0.2) is 81.7 Å². The predicted octanol–water partition coefficient (Wildman–Crippen LogP) is 21.7. The summed E-state index contributed by atoms with van der Waals surface area (Å²) >= 11 is 0. The summed E-state index contributed by atoms with van der Waals surface area (Å²) in [5.74, 6) is -3.33. The average molecular weight is 1240 g/mol. The van der Waals surface area contributed by atoms with Crippen molar-refractivity contribution in [3.8, 4) is 0 Å². The van der Waals surface area contributed by atoms with E-state index in [0.717, 1.165) is 24.3 Å². The summed E-state index contributed by atoms with van der Waals surface area (Å²) in [4.78, 5) is 21.0. The van der Waals surface area contributed by atoms with Crippen molar-refractivity contribution in [1.29, 1.82) is 0 Å². The van der Waals surface area contributed by atoms with E-state index in [1.54, 1.807) is 0 Å². The Balaban J connectivity index is 0.00000131. The highest BCUT2D eigenvalue weighted by Gasteiger charge is 2.28. The van der Waals surface area contributed by atoms with E-state index in [1.807, 2.05) is 0 Å². The van der Waals surface area contributed by atoms with Crippen LogP contribution < -0.4 is 10.2 Å². The quantitative estimate of drug-likeness (QED) is 0.0481. The van der Waals surface area contributed by atoms with Crippen molar-refractivity contribution in [2.24, 2.45) is 0 Å². The molecule has 2 aromatic rings. The lowest BCUT2D eigenvalue weighted by atomic mass is 10.0. The van der Waals surface area contributed by atoms with Gasteiger partial charge in [0.1, 0.15) is 0 Å². The van der Waals surface area contributed by atoms with Crippen LogP contribution in [0.1, 0.15) is 384 Å². The zero-order chi connectivity index (χ0) is 64.2. The van der Waals surface area contributed by atoms with Gasteiger partial charge >= 0.3 is 0 Å². The number of rotatable bonds is 60. The highest BCUT2D eigenvalue weighted by atomic mass is 32.2. The molecule has 0 unspecified atom stereocenters. The second kappa shape index (κ2) is 59.5. The van der Waals surface area contributed by atoms with Crippen LogP contribution in [0, 0.1) is 0 Å². The van der Waals surface area contributed by atoms with Crippen molar-refractivity contribution >= 4 is 21.8 Å². The normalized spacial score (nSPS) is 11.8. The number of carbonyl (C=O) groups excluding carboxylic acids is 2. The van der Waals surface area contributed by atoms with Gasteiger partial charge in [0.2, 0.25) is 9.84 Å². The van der Waals surface area contributed by atoms with Crippen LogP contribution in [0.25, 0.3) is 0 Å². The molecular formula is C78H144N2O6S. The first-order valence-corrected chi connectivity index (χ1v) is 39.4. The number of carbonyl (C=O) groups is 2. The molecule has 0 N–H and O–H groups in total. The fourth-order valence-corrected chi connectivity index (χ4v) is 14.7. The van der Waals surface area contributed by atoms with Crippen molar-refractivity contribution in [1.82, 2.24) is 0 Å². The second-order valence-corrected chi connectivity index (χ2v) is 28.6. The van der Waals surface area contributed by atoms with Gasteiger partial charge < -0.3 is 28.8 Å². The predicted molar refractivity (Wildman–Crippen MR) is 373 cm³/mol. The van der Waals surface area contributed by atoms with Gasteiger partial charge in [0.25, 0.3) is 0 Å². The molecule has 0 amide bonds. The van der Waals surface area contributed by atoms with E-state index in [4.69, 9.17) is 0 Å². The number of aromatic carboxylic acids is 2. The summed E-state index contributed by atoms with van der Waals surface area (Å²) in [5.41, 5.74) is -1.07. The van der Waals surface area contributed by atoms with Gasteiger partial charge in [-0.15, -0.1) is 0 Å². The summed E-state index contributed by atoms with van der Waals surface area (Å²) < 4.78 is 28.0. The van der Waals surface area contributed by atoms with Crippen molar-refractivity contribution in [2.45, 2.75) is 373 Å². The molecule has 0 saturated carbocycles. The van der Waals surface area contributed by atoms with Gasteiger partial charge in [-0.2, -0.15) is 0 Å². The number of sulfone groups is 1. The zero-order valence-corrected chi connectivity index (χ0v) is 59.8. The minimum atomic E-state index is -4.33. The van der Waals surface area contributed by atoms with Crippen LogP contribution in [0.15, 0.2) is 58.3 Å². The molecule has 0 aliphatic heterocycles. The molecule has 0 saturated heterocycles. The molecule has 0 fully saturated rings. The zero-order valence-electron chi connectivity index (χ0n) is 59.0. The van der Waals surface area contributed by atoms with E-state index in [-0.39, 0.29) is 0 Å². The summed E-state index contributed by atoms with van der Waals surface area (Å²) in [7, 11) is -4.33. The molecule has 8 nitrogen and oxygen atoms in total. The summed E-state index contributed by atoms with van der Waals surface area (Å²) in [5, 5.41) is 22.0. The Hall–Kier alpha value is -2.75. The van der Waals surface area contributed by atoms with Gasteiger partial charge in [0.15, 0.2) is 0 Å². The Morgan fingerprint density at radius 2 is 0.414 bits per heavy atom. The van der Waals surface area contributed by atoms with Crippen molar-refractivity contribution in [2.75, 3.05) is 52.4 Å². The molecule has 0 aliphatic carbocycles. The van der Waals surface area contributed by atoms with Crippen LogP contribution in [-0.2, 0) is 9.84 Å². The summed E-state index contributed by atoms with van der Waals surface area (Å²) in [6.45, 7) is 30.5. The van der Waals surface area contributed by atoms with Gasteiger partial charge in [-0.3, -0.25) is 0 Å². The van der Waals surface area contributed by atoms with Gasteiger partial charge in [-0.1, -0.05) is 297 Å². The third-order valence-electron chi connectivity index (χ3n) is 18.7.